The smallest absolute Gasteiger partial charge is 0.165 e. The fourth-order valence-electron chi connectivity index (χ4n) is 4.73. The molecule has 0 unspecified atom stereocenters. The average Bonchev–Trinajstić information content (AvgIpc) is 3.33. The van der Waals surface area contributed by atoms with Gasteiger partial charge in [-0.15, -0.1) is 0 Å². The van der Waals surface area contributed by atoms with E-state index in [-0.39, 0.29) is 29.8 Å². The van der Waals surface area contributed by atoms with Gasteiger partial charge in [-0.3, -0.25) is 14.5 Å². The van der Waals surface area contributed by atoms with E-state index in [0.29, 0.717) is 11.1 Å². The van der Waals surface area contributed by atoms with E-state index in [0.717, 1.165) is 35.2 Å². The number of fused-ring (bicyclic) bond motifs is 1. The number of hydrogen-bond acceptors (Lipinski definition) is 6. The molecule has 5 rings (SSSR count). The highest BCUT2D eigenvalue weighted by atomic mass is 32.2. The molecule has 0 spiro atoms. The minimum absolute atomic E-state index is 0.0537. The van der Waals surface area contributed by atoms with Crippen molar-refractivity contribution in [2.24, 2.45) is 5.41 Å². The van der Waals surface area contributed by atoms with Crippen molar-refractivity contribution in [3.8, 4) is 11.3 Å². The summed E-state index contributed by atoms with van der Waals surface area (Å²) in [5, 5.41) is 15.3. The summed E-state index contributed by atoms with van der Waals surface area (Å²) in [6.45, 7) is 5.89. The third kappa shape index (κ3) is 3.65. The van der Waals surface area contributed by atoms with Gasteiger partial charge in [-0.05, 0) is 44.4 Å². The first-order valence-corrected chi connectivity index (χ1v) is 12.8. The molecule has 2 aliphatic rings. The lowest BCUT2D eigenvalue weighted by molar-refractivity contribution is 0.0936. The number of nitrogens with zero attached hydrogens (tertiary/aromatic N) is 3. The molecule has 3 aromatic rings. The van der Waals surface area contributed by atoms with Crippen molar-refractivity contribution in [1.82, 2.24) is 14.8 Å². The van der Waals surface area contributed by atoms with Crippen LogP contribution in [0.3, 0.4) is 0 Å². The first-order chi connectivity index (χ1) is 15.0. The molecule has 1 saturated heterocycles. The third-order valence-electron chi connectivity index (χ3n) is 6.48. The summed E-state index contributed by atoms with van der Waals surface area (Å²) in [5.41, 5.74) is 3.19. The molecular formula is C24H27N3O4S. The van der Waals surface area contributed by atoms with Crippen LogP contribution in [0.2, 0.25) is 0 Å². The quantitative estimate of drug-likeness (QED) is 0.572. The van der Waals surface area contributed by atoms with Crippen molar-refractivity contribution >= 4 is 26.7 Å². The number of benzene rings is 1. The fraction of sp³-hybridized carbons (Fsp3) is 0.458. The van der Waals surface area contributed by atoms with Crippen LogP contribution in [0.25, 0.3) is 22.3 Å². The lowest BCUT2D eigenvalue weighted by Crippen LogP contribution is -2.47. The van der Waals surface area contributed by atoms with Gasteiger partial charge in [0.2, 0.25) is 0 Å². The molecule has 2 fully saturated rings. The number of hydrogen-bond donors (Lipinski definition) is 1. The highest BCUT2D eigenvalue weighted by molar-refractivity contribution is 7.92. The van der Waals surface area contributed by atoms with Gasteiger partial charge in [0.05, 0.1) is 22.6 Å². The summed E-state index contributed by atoms with van der Waals surface area (Å²) in [6.07, 6.45) is 3.28. The second-order valence-corrected chi connectivity index (χ2v) is 12.1. The van der Waals surface area contributed by atoms with Gasteiger partial charge in [-0.1, -0.05) is 25.1 Å². The van der Waals surface area contributed by atoms with Gasteiger partial charge < -0.3 is 5.11 Å². The van der Waals surface area contributed by atoms with E-state index in [4.69, 9.17) is 5.10 Å². The maximum Gasteiger partial charge on any atom is 0.165 e. The first kappa shape index (κ1) is 21.3. The molecule has 32 heavy (non-hydrogen) atoms. The number of ketones is 1. The van der Waals surface area contributed by atoms with Crippen molar-refractivity contribution < 1.29 is 18.3 Å². The minimum Gasteiger partial charge on any atom is -0.385 e. The highest BCUT2D eigenvalue weighted by Gasteiger charge is 2.46. The third-order valence-corrected chi connectivity index (χ3v) is 8.75. The molecule has 1 N–H and O–H groups in total. The summed E-state index contributed by atoms with van der Waals surface area (Å²) in [5.74, 6) is 0.00361. The summed E-state index contributed by atoms with van der Waals surface area (Å²) in [6, 6.07) is 9.66. The standard InChI is InChI=1S/C24H27N3O4S/c1-15(2)27-19-10-17(20(28)11-23(3)13-32(30,31)14-23)12-25-22(19)21(26-27)16-5-4-6-18(9-16)24(29)7-8-24/h4-6,9-10,12,15,29H,7-8,11,13-14H2,1-3H3. The normalized spacial score (nSPS) is 20.3. The van der Waals surface area contributed by atoms with E-state index < -0.39 is 20.9 Å². The first-order valence-electron chi connectivity index (χ1n) is 10.9. The Morgan fingerprint density at radius 3 is 2.56 bits per heavy atom. The number of carbonyl (C=O) groups is 1. The van der Waals surface area contributed by atoms with Crippen LogP contribution in [-0.4, -0.2) is 45.6 Å². The van der Waals surface area contributed by atoms with Gasteiger partial charge >= 0.3 is 0 Å². The summed E-state index contributed by atoms with van der Waals surface area (Å²) >= 11 is 0. The van der Waals surface area contributed by atoms with E-state index in [1.165, 1.54) is 0 Å². The zero-order valence-electron chi connectivity index (χ0n) is 18.5. The maximum atomic E-state index is 12.9. The molecule has 0 bridgehead atoms. The number of pyridine rings is 1. The average molecular weight is 454 g/mol. The van der Waals surface area contributed by atoms with Gasteiger partial charge in [-0.25, -0.2) is 8.42 Å². The number of Topliss-reactive ketones (excluding diaryl/α,β-unsaturated/α-hetero) is 1. The minimum atomic E-state index is -3.01. The van der Waals surface area contributed by atoms with Crippen LogP contribution in [0, 0.1) is 5.41 Å². The molecule has 1 aliphatic carbocycles. The predicted molar refractivity (Wildman–Crippen MR) is 122 cm³/mol. The molecule has 3 heterocycles. The van der Waals surface area contributed by atoms with Crippen molar-refractivity contribution in [2.45, 2.75) is 51.7 Å². The topological polar surface area (TPSA) is 102 Å². The lowest BCUT2D eigenvalue weighted by Gasteiger charge is -2.37. The Balaban J connectivity index is 1.53. The molecular weight excluding hydrogens is 426 g/mol. The Kier molecular flexibility index (Phi) is 4.63. The monoisotopic (exact) mass is 453 g/mol. The molecule has 1 aliphatic heterocycles. The highest BCUT2D eigenvalue weighted by Crippen LogP contribution is 2.46. The molecule has 2 aromatic heterocycles. The molecule has 168 valence electrons. The predicted octanol–water partition coefficient (Wildman–Crippen LogP) is 3.67. The Hall–Kier alpha value is -2.58. The zero-order chi connectivity index (χ0) is 22.9. The fourth-order valence-corrected chi connectivity index (χ4v) is 6.98. The second kappa shape index (κ2) is 6.96. The van der Waals surface area contributed by atoms with Crippen LogP contribution in [0.15, 0.2) is 36.5 Å². The molecule has 0 atom stereocenters. The van der Waals surface area contributed by atoms with E-state index in [9.17, 15) is 18.3 Å². The van der Waals surface area contributed by atoms with E-state index in [2.05, 4.69) is 4.98 Å². The van der Waals surface area contributed by atoms with Gasteiger partial charge in [0.25, 0.3) is 0 Å². The zero-order valence-corrected chi connectivity index (χ0v) is 19.3. The van der Waals surface area contributed by atoms with Crippen LogP contribution < -0.4 is 0 Å². The lowest BCUT2D eigenvalue weighted by atomic mass is 9.86. The van der Waals surface area contributed by atoms with Crippen LogP contribution in [0.5, 0.6) is 0 Å². The summed E-state index contributed by atoms with van der Waals surface area (Å²) < 4.78 is 25.0. The van der Waals surface area contributed by atoms with Gasteiger partial charge in [0.1, 0.15) is 11.2 Å². The van der Waals surface area contributed by atoms with Crippen LogP contribution in [0.4, 0.5) is 0 Å². The Bertz CT molecular complexity index is 1340. The summed E-state index contributed by atoms with van der Waals surface area (Å²) in [4.78, 5) is 17.5. The van der Waals surface area contributed by atoms with Crippen LogP contribution in [-0.2, 0) is 15.4 Å². The van der Waals surface area contributed by atoms with Crippen molar-refractivity contribution in [2.75, 3.05) is 11.5 Å². The molecule has 8 heteroatoms. The molecule has 7 nitrogen and oxygen atoms in total. The number of rotatable bonds is 6. The maximum absolute atomic E-state index is 12.9. The van der Waals surface area contributed by atoms with E-state index in [1.807, 2.05) is 55.8 Å². The van der Waals surface area contributed by atoms with Gasteiger partial charge in [0.15, 0.2) is 15.6 Å². The molecule has 1 aromatic carbocycles. The van der Waals surface area contributed by atoms with Crippen molar-refractivity contribution in [3.63, 3.8) is 0 Å². The largest absolute Gasteiger partial charge is 0.385 e. The van der Waals surface area contributed by atoms with Gasteiger partial charge in [-0.2, -0.15) is 5.10 Å². The molecule has 0 radical (unpaired) electrons. The summed E-state index contributed by atoms with van der Waals surface area (Å²) in [7, 11) is -3.01. The SMILES string of the molecule is CC(C)n1nc(-c2cccc(C3(O)CC3)c2)c2ncc(C(=O)CC3(C)CS(=O)(=O)C3)cc21. The van der Waals surface area contributed by atoms with Crippen molar-refractivity contribution in [3.05, 3.63) is 47.7 Å². The molecule has 1 saturated carbocycles. The van der Waals surface area contributed by atoms with Crippen LogP contribution in [0.1, 0.15) is 62.0 Å². The van der Waals surface area contributed by atoms with E-state index in [1.54, 1.807) is 6.20 Å². The Labute approximate surface area is 187 Å². The van der Waals surface area contributed by atoms with Gasteiger partial charge in [0, 0.05) is 35.2 Å². The number of carbonyl (C=O) groups excluding carboxylic acids is 1. The van der Waals surface area contributed by atoms with E-state index >= 15 is 0 Å². The second-order valence-electron chi connectivity index (χ2n) is 10.0. The molecule has 0 amide bonds. The Morgan fingerprint density at radius 2 is 1.94 bits per heavy atom. The number of sulfone groups is 1. The van der Waals surface area contributed by atoms with Crippen LogP contribution >= 0.6 is 0 Å². The Morgan fingerprint density at radius 1 is 1.22 bits per heavy atom. The number of aliphatic hydroxyl groups is 1. The van der Waals surface area contributed by atoms with Crippen molar-refractivity contribution in [1.29, 1.82) is 0 Å². The number of aromatic nitrogens is 3.